The molecule has 3 nitrogen and oxygen atoms in total. The van der Waals surface area contributed by atoms with E-state index in [-0.39, 0.29) is 5.91 Å². The summed E-state index contributed by atoms with van der Waals surface area (Å²) in [6.07, 6.45) is 0. The van der Waals surface area contributed by atoms with Gasteiger partial charge < -0.3 is 5.32 Å². The second-order valence-corrected chi connectivity index (χ2v) is 5.51. The number of nitrogens with zero attached hydrogens (tertiary/aromatic N) is 1. The number of hydrogen-bond donors (Lipinski definition) is 1. The first kappa shape index (κ1) is 13.2. The molecule has 18 heavy (non-hydrogen) atoms. The normalized spacial score (nSPS) is 10.4. The number of halogens is 2. The summed E-state index contributed by atoms with van der Waals surface area (Å²) in [4.78, 5) is 16.5. The number of benzene rings is 1. The van der Waals surface area contributed by atoms with Crippen LogP contribution in [0.2, 0.25) is 0 Å². The minimum absolute atomic E-state index is 0.264. The van der Waals surface area contributed by atoms with E-state index in [1.807, 2.05) is 0 Å². The maximum absolute atomic E-state index is 13.4. The minimum atomic E-state index is -0.406. The van der Waals surface area contributed by atoms with Gasteiger partial charge in [-0.05, 0) is 47.5 Å². The maximum Gasteiger partial charge on any atom is 0.267 e. The largest absolute Gasteiger partial charge is 0.321 e. The number of carbonyl (C=O) groups excluding carboxylic acids is 1. The van der Waals surface area contributed by atoms with Gasteiger partial charge in [-0.1, -0.05) is 0 Å². The van der Waals surface area contributed by atoms with Gasteiger partial charge in [0.1, 0.15) is 10.7 Å². The molecule has 2 rings (SSSR count). The van der Waals surface area contributed by atoms with Crippen molar-refractivity contribution in [2.45, 2.75) is 13.8 Å². The molecule has 1 aromatic heterocycles. The lowest BCUT2D eigenvalue weighted by molar-refractivity contribution is 0.102. The number of aryl methyl sites for hydroxylation is 2. The van der Waals surface area contributed by atoms with Crippen LogP contribution in [-0.2, 0) is 0 Å². The number of anilines is 1. The van der Waals surface area contributed by atoms with Crippen LogP contribution in [0.5, 0.6) is 0 Å². The number of carbonyl (C=O) groups is 1. The van der Waals surface area contributed by atoms with Crippen molar-refractivity contribution in [3.05, 3.63) is 44.1 Å². The van der Waals surface area contributed by atoms with Crippen LogP contribution in [0.1, 0.15) is 20.9 Å². The lowest BCUT2D eigenvalue weighted by Crippen LogP contribution is -2.12. The Balaban J connectivity index is 2.28. The Labute approximate surface area is 116 Å². The Kier molecular flexibility index (Phi) is 3.77. The average Bonchev–Trinajstić information content (AvgIpc) is 2.72. The highest BCUT2D eigenvalue weighted by molar-refractivity contribution is 9.10. The fraction of sp³-hybridized carbons (Fsp3) is 0.167. The first-order chi connectivity index (χ1) is 8.49. The second kappa shape index (κ2) is 5.16. The van der Waals surface area contributed by atoms with Gasteiger partial charge in [0.25, 0.3) is 5.91 Å². The molecule has 2 aromatic rings. The SMILES string of the molecule is Cc1cc(Br)c(F)cc1NC(=O)c1scnc1C. The van der Waals surface area contributed by atoms with Crippen LogP contribution < -0.4 is 5.32 Å². The molecule has 0 atom stereocenters. The zero-order valence-electron chi connectivity index (χ0n) is 9.75. The lowest BCUT2D eigenvalue weighted by atomic mass is 10.2. The summed E-state index contributed by atoms with van der Waals surface area (Å²) >= 11 is 4.37. The Bertz CT molecular complexity index is 612. The van der Waals surface area contributed by atoms with Crippen LogP contribution in [0.25, 0.3) is 0 Å². The number of rotatable bonds is 2. The van der Waals surface area contributed by atoms with Gasteiger partial charge in [-0.2, -0.15) is 0 Å². The molecule has 6 heteroatoms. The highest BCUT2D eigenvalue weighted by atomic mass is 79.9. The molecular formula is C12H10BrFN2OS. The van der Waals surface area contributed by atoms with Gasteiger partial charge in [-0.25, -0.2) is 9.37 Å². The van der Waals surface area contributed by atoms with Crippen molar-refractivity contribution in [1.82, 2.24) is 4.98 Å². The third-order valence-electron chi connectivity index (χ3n) is 2.47. The highest BCUT2D eigenvalue weighted by Gasteiger charge is 2.14. The molecule has 1 amide bonds. The highest BCUT2D eigenvalue weighted by Crippen LogP contribution is 2.25. The van der Waals surface area contributed by atoms with Gasteiger partial charge in [0.05, 0.1) is 15.7 Å². The van der Waals surface area contributed by atoms with E-state index >= 15 is 0 Å². The van der Waals surface area contributed by atoms with Crippen LogP contribution in [0.4, 0.5) is 10.1 Å². The predicted molar refractivity (Wildman–Crippen MR) is 73.6 cm³/mol. The summed E-state index contributed by atoms with van der Waals surface area (Å²) in [6, 6.07) is 2.93. The fourth-order valence-corrected chi connectivity index (χ4v) is 2.64. The van der Waals surface area contributed by atoms with Crippen molar-refractivity contribution in [1.29, 1.82) is 0 Å². The van der Waals surface area contributed by atoms with Crippen LogP contribution in [0, 0.1) is 19.7 Å². The van der Waals surface area contributed by atoms with Crippen molar-refractivity contribution in [3.63, 3.8) is 0 Å². The summed E-state index contributed by atoms with van der Waals surface area (Å²) in [5.41, 5.74) is 3.54. The average molecular weight is 329 g/mol. The zero-order chi connectivity index (χ0) is 13.3. The third-order valence-corrected chi connectivity index (χ3v) is 4.00. The topological polar surface area (TPSA) is 42.0 Å². The molecule has 0 fully saturated rings. The molecule has 0 aliphatic carbocycles. The molecule has 94 valence electrons. The zero-order valence-corrected chi connectivity index (χ0v) is 12.2. The van der Waals surface area contributed by atoms with Gasteiger partial charge in [-0.15, -0.1) is 11.3 Å². The minimum Gasteiger partial charge on any atom is -0.321 e. The Morgan fingerprint density at radius 3 is 2.78 bits per heavy atom. The monoisotopic (exact) mass is 328 g/mol. The molecule has 1 aromatic carbocycles. The van der Waals surface area contributed by atoms with Gasteiger partial charge in [0, 0.05) is 5.69 Å². The van der Waals surface area contributed by atoms with E-state index < -0.39 is 5.82 Å². The van der Waals surface area contributed by atoms with Gasteiger partial charge in [-0.3, -0.25) is 4.79 Å². The molecule has 1 heterocycles. The van der Waals surface area contributed by atoms with E-state index in [9.17, 15) is 9.18 Å². The molecule has 0 bridgehead atoms. The quantitative estimate of drug-likeness (QED) is 0.907. The molecule has 1 N–H and O–H groups in total. The van der Waals surface area contributed by atoms with Crippen molar-refractivity contribution in [2.24, 2.45) is 0 Å². The second-order valence-electron chi connectivity index (χ2n) is 3.80. The smallest absolute Gasteiger partial charge is 0.267 e. The first-order valence-electron chi connectivity index (χ1n) is 5.16. The number of thiazole rings is 1. The van der Waals surface area contributed by atoms with E-state index in [0.29, 0.717) is 20.7 Å². The molecule has 0 saturated heterocycles. The molecule has 0 radical (unpaired) electrons. The van der Waals surface area contributed by atoms with Gasteiger partial charge >= 0.3 is 0 Å². The van der Waals surface area contributed by atoms with E-state index in [0.717, 1.165) is 5.56 Å². The lowest BCUT2D eigenvalue weighted by Gasteiger charge is -2.08. The van der Waals surface area contributed by atoms with E-state index in [1.54, 1.807) is 25.4 Å². The molecule has 0 spiro atoms. The summed E-state index contributed by atoms with van der Waals surface area (Å²) < 4.78 is 13.8. The summed E-state index contributed by atoms with van der Waals surface area (Å²) in [7, 11) is 0. The summed E-state index contributed by atoms with van der Waals surface area (Å²) in [5, 5.41) is 2.69. The van der Waals surface area contributed by atoms with E-state index in [2.05, 4.69) is 26.2 Å². The number of aromatic nitrogens is 1. The molecule has 0 aliphatic heterocycles. The maximum atomic E-state index is 13.4. The van der Waals surface area contributed by atoms with E-state index in [1.165, 1.54) is 17.4 Å². The summed E-state index contributed by atoms with van der Waals surface area (Å²) in [5.74, 6) is -0.670. The Morgan fingerprint density at radius 2 is 2.17 bits per heavy atom. The van der Waals surface area contributed by atoms with Crippen molar-refractivity contribution in [3.8, 4) is 0 Å². The molecule has 0 saturated carbocycles. The summed E-state index contributed by atoms with van der Waals surface area (Å²) in [6.45, 7) is 3.57. The van der Waals surface area contributed by atoms with Crippen LogP contribution in [0.15, 0.2) is 22.1 Å². The number of hydrogen-bond acceptors (Lipinski definition) is 3. The molecule has 0 aliphatic rings. The van der Waals surface area contributed by atoms with Gasteiger partial charge in [0.2, 0.25) is 0 Å². The fourth-order valence-electron chi connectivity index (χ4n) is 1.48. The van der Waals surface area contributed by atoms with Crippen LogP contribution in [0.3, 0.4) is 0 Å². The molecular weight excluding hydrogens is 319 g/mol. The van der Waals surface area contributed by atoms with Crippen LogP contribution in [-0.4, -0.2) is 10.9 Å². The van der Waals surface area contributed by atoms with Crippen molar-refractivity contribution < 1.29 is 9.18 Å². The standard InChI is InChI=1S/C12H10BrFN2OS/c1-6-3-8(13)9(14)4-10(6)16-12(17)11-7(2)15-5-18-11/h3-5H,1-2H3,(H,16,17). The van der Waals surface area contributed by atoms with Crippen LogP contribution >= 0.6 is 27.3 Å². The molecule has 0 unspecified atom stereocenters. The Hall–Kier alpha value is -1.27. The van der Waals surface area contributed by atoms with Crippen molar-refractivity contribution in [2.75, 3.05) is 5.32 Å². The van der Waals surface area contributed by atoms with Gasteiger partial charge in [0.15, 0.2) is 0 Å². The van der Waals surface area contributed by atoms with Crippen molar-refractivity contribution >= 4 is 38.9 Å². The number of amides is 1. The van der Waals surface area contributed by atoms with E-state index in [4.69, 9.17) is 0 Å². The predicted octanol–water partition coefficient (Wildman–Crippen LogP) is 3.91. The first-order valence-corrected chi connectivity index (χ1v) is 6.83. The third kappa shape index (κ3) is 2.59. The number of nitrogens with one attached hydrogen (secondary N) is 1. The Morgan fingerprint density at radius 1 is 1.44 bits per heavy atom.